The van der Waals surface area contributed by atoms with Crippen molar-refractivity contribution in [1.29, 1.82) is 0 Å². The van der Waals surface area contributed by atoms with Crippen molar-refractivity contribution >= 4 is 11.8 Å². The number of pyridine rings is 1. The highest BCUT2D eigenvalue weighted by Crippen LogP contribution is 2.19. The predicted molar refractivity (Wildman–Crippen MR) is 108 cm³/mol. The quantitative estimate of drug-likeness (QED) is 0.142. The summed E-state index contributed by atoms with van der Waals surface area (Å²) in [5.74, 6) is 0.431. The van der Waals surface area contributed by atoms with Crippen LogP contribution in [-0.2, 0) is 11.8 Å². The first-order chi connectivity index (χ1) is 13.6. The van der Waals surface area contributed by atoms with E-state index in [1.807, 2.05) is 42.1 Å². The van der Waals surface area contributed by atoms with Crippen LogP contribution in [0, 0.1) is 0 Å². The van der Waals surface area contributed by atoms with E-state index in [-0.39, 0.29) is 35.7 Å². The lowest BCUT2D eigenvalue weighted by Crippen LogP contribution is -3.00. The Hall–Kier alpha value is -1.96. The third kappa shape index (κ3) is 9.39. The summed E-state index contributed by atoms with van der Waals surface area (Å²) in [4.78, 5) is 23.5. The number of aryl methyl sites for hydroxylation is 1. The van der Waals surface area contributed by atoms with E-state index in [2.05, 4.69) is 0 Å². The van der Waals surface area contributed by atoms with E-state index in [0.717, 1.165) is 38.5 Å². The number of carbonyl (C=O) groups excluding carboxylic acids is 2. The molecule has 1 aromatic carbocycles. The number of esters is 1. The minimum Gasteiger partial charge on any atom is -1.00 e. The molecule has 0 saturated heterocycles. The average Bonchev–Trinajstić information content (AvgIpc) is 2.69. The van der Waals surface area contributed by atoms with Gasteiger partial charge in [0.05, 0.1) is 18.8 Å². The van der Waals surface area contributed by atoms with Gasteiger partial charge in [0.1, 0.15) is 18.4 Å². The van der Waals surface area contributed by atoms with Gasteiger partial charge in [0.15, 0.2) is 18.2 Å². The second-order valence-corrected chi connectivity index (χ2v) is 6.92. The number of hydrogen-bond acceptors (Lipinski definition) is 4. The van der Waals surface area contributed by atoms with Crippen molar-refractivity contribution in [3.63, 3.8) is 0 Å². The van der Waals surface area contributed by atoms with Gasteiger partial charge in [-0.25, -0.2) is 9.36 Å². The molecule has 0 aliphatic heterocycles. The molecular formula is C23H30INO4. The zero-order chi connectivity index (χ0) is 20.2. The molecule has 2 rings (SSSR count). The second kappa shape index (κ2) is 14.1. The van der Waals surface area contributed by atoms with Crippen LogP contribution in [0.15, 0.2) is 48.8 Å². The Morgan fingerprint density at radius 3 is 2.24 bits per heavy atom. The summed E-state index contributed by atoms with van der Waals surface area (Å²) >= 11 is 0. The van der Waals surface area contributed by atoms with Crippen LogP contribution in [-0.4, -0.2) is 25.0 Å². The van der Waals surface area contributed by atoms with Gasteiger partial charge < -0.3 is 33.5 Å². The molecule has 5 nitrogen and oxygen atoms in total. The fraction of sp³-hybridized carbons (Fsp3) is 0.435. The monoisotopic (exact) mass is 511 g/mol. The molecule has 0 bridgehead atoms. The minimum atomic E-state index is -0.265. The lowest BCUT2D eigenvalue weighted by atomic mass is 10.1. The Morgan fingerprint density at radius 1 is 0.897 bits per heavy atom. The van der Waals surface area contributed by atoms with Gasteiger partial charge in [-0.1, -0.05) is 37.8 Å². The third-order valence-corrected chi connectivity index (χ3v) is 4.47. The number of ether oxygens (including phenoxy) is 2. The number of hydrogen-bond donors (Lipinski definition) is 0. The maximum absolute atomic E-state index is 11.9. The van der Waals surface area contributed by atoms with E-state index < -0.39 is 0 Å². The van der Waals surface area contributed by atoms with E-state index in [1.165, 1.54) is 0 Å². The molecular weight excluding hydrogens is 481 g/mol. The summed E-state index contributed by atoms with van der Waals surface area (Å²) < 4.78 is 12.9. The zero-order valence-corrected chi connectivity index (χ0v) is 19.4. The van der Waals surface area contributed by atoms with Gasteiger partial charge in [0, 0.05) is 6.07 Å². The molecule has 2 aromatic rings. The van der Waals surface area contributed by atoms with E-state index in [0.29, 0.717) is 30.1 Å². The maximum Gasteiger partial charge on any atom is 0.344 e. The van der Waals surface area contributed by atoms with Gasteiger partial charge in [-0.15, -0.1) is 0 Å². The summed E-state index contributed by atoms with van der Waals surface area (Å²) in [6, 6.07) is 11.0. The number of aromatic nitrogens is 1. The Bertz CT molecular complexity index is 779. The highest BCUT2D eigenvalue weighted by atomic mass is 127. The first-order valence-corrected chi connectivity index (χ1v) is 9.93. The first kappa shape index (κ1) is 25.1. The number of unbranched alkanes of at least 4 members (excludes halogenated alkanes) is 5. The van der Waals surface area contributed by atoms with Crippen molar-refractivity contribution in [1.82, 2.24) is 0 Å². The molecule has 0 aliphatic carbocycles. The molecule has 1 heterocycles. The van der Waals surface area contributed by atoms with E-state index in [1.54, 1.807) is 25.3 Å². The molecule has 0 fully saturated rings. The smallest absolute Gasteiger partial charge is 0.344 e. The summed E-state index contributed by atoms with van der Waals surface area (Å²) in [5, 5.41) is 0. The van der Waals surface area contributed by atoms with Crippen LogP contribution < -0.4 is 33.3 Å². The fourth-order valence-electron chi connectivity index (χ4n) is 2.93. The number of para-hydroxylation sites is 1. The molecule has 0 saturated carbocycles. The standard InChI is InChI=1S/C23H30NO4.HI/c1-19(25)21-13-7-8-14-22(21)27-16-9-5-3-4-6-10-17-28-23(26)20-12-11-15-24(2)18-20;/h7-8,11-15,18H,3-6,9-10,16-17H2,1-2H3;1H/q+1;/p-1. The number of nitrogens with zero attached hydrogens (tertiary/aromatic N) is 1. The van der Waals surface area contributed by atoms with Crippen molar-refractivity contribution in [2.45, 2.75) is 45.4 Å². The van der Waals surface area contributed by atoms with Crippen LogP contribution in [0.25, 0.3) is 0 Å². The molecule has 0 radical (unpaired) electrons. The summed E-state index contributed by atoms with van der Waals surface area (Å²) in [7, 11) is 1.88. The number of benzene rings is 1. The summed E-state index contributed by atoms with van der Waals surface area (Å²) in [6.07, 6.45) is 9.86. The first-order valence-electron chi connectivity index (χ1n) is 9.93. The molecule has 0 aliphatic rings. The Morgan fingerprint density at radius 2 is 1.55 bits per heavy atom. The molecule has 0 N–H and O–H groups in total. The van der Waals surface area contributed by atoms with Crippen LogP contribution in [0.3, 0.4) is 0 Å². The Labute approximate surface area is 190 Å². The predicted octanol–water partition coefficient (Wildman–Crippen LogP) is 1.29. The van der Waals surface area contributed by atoms with Gasteiger partial charge in [-0.2, -0.15) is 0 Å². The van der Waals surface area contributed by atoms with Gasteiger partial charge in [0.25, 0.3) is 0 Å². The lowest BCUT2D eigenvalue weighted by Gasteiger charge is -2.09. The van der Waals surface area contributed by atoms with E-state index in [9.17, 15) is 9.59 Å². The molecule has 1 aromatic heterocycles. The van der Waals surface area contributed by atoms with Crippen molar-refractivity contribution in [2.75, 3.05) is 13.2 Å². The molecule has 6 heteroatoms. The summed E-state index contributed by atoms with van der Waals surface area (Å²) in [6.45, 7) is 2.64. The Balaban J connectivity index is 0.00000420. The largest absolute Gasteiger partial charge is 1.00 e. The van der Waals surface area contributed by atoms with Gasteiger partial charge in [-0.3, -0.25) is 4.79 Å². The normalized spacial score (nSPS) is 10.1. The average molecular weight is 511 g/mol. The SMILES string of the molecule is CC(=O)c1ccccc1OCCCCCCCCOC(=O)c1ccc[n+](C)c1.[I-]. The molecule has 0 amide bonds. The van der Waals surface area contributed by atoms with Gasteiger partial charge in [-0.05, 0) is 38.0 Å². The number of carbonyl (C=O) groups is 2. The van der Waals surface area contributed by atoms with Crippen LogP contribution in [0.1, 0.15) is 66.2 Å². The van der Waals surface area contributed by atoms with Crippen molar-refractivity contribution in [3.05, 3.63) is 59.9 Å². The number of rotatable bonds is 12. The van der Waals surface area contributed by atoms with E-state index in [4.69, 9.17) is 9.47 Å². The third-order valence-electron chi connectivity index (χ3n) is 4.47. The van der Waals surface area contributed by atoms with E-state index >= 15 is 0 Å². The number of halogens is 1. The molecule has 0 unspecified atom stereocenters. The van der Waals surface area contributed by atoms with Gasteiger partial charge >= 0.3 is 5.97 Å². The molecule has 0 spiro atoms. The topological polar surface area (TPSA) is 56.5 Å². The summed E-state index contributed by atoms with van der Waals surface area (Å²) in [5.41, 5.74) is 1.22. The Kier molecular flexibility index (Phi) is 12.2. The number of Topliss-reactive ketones (excluding diaryl/α,β-unsaturated/α-hetero) is 1. The van der Waals surface area contributed by atoms with Crippen LogP contribution in [0.4, 0.5) is 0 Å². The highest BCUT2D eigenvalue weighted by molar-refractivity contribution is 5.96. The van der Waals surface area contributed by atoms with Crippen LogP contribution in [0.2, 0.25) is 0 Å². The van der Waals surface area contributed by atoms with Crippen molar-refractivity contribution in [2.24, 2.45) is 7.05 Å². The zero-order valence-electron chi connectivity index (χ0n) is 17.2. The van der Waals surface area contributed by atoms with Gasteiger partial charge in [0.2, 0.25) is 0 Å². The minimum absolute atomic E-state index is 0. The molecule has 0 atom stereocenters. The highest BCUT2D eigenvalue weighted by Gasteiger charge is 2.10. The molecule has 29 heavy (non-hydrogen) atoms. The van der Waals surface area contributed by atoms with Crippen molar-refractivity contribution < 1.29 is 47.6 Å². The maximum atomic E-state index is 11.9. The second-order valence-electron chi connectivity index (χ2n) is 6.92. The van der Waals surface area contributed by atoms with Crippen LogP contribution >= 0.6 is 0 Å². The molecule has 158 valence electrons. The lowest BCUT2D eigenvalue weighted by molar-refractivity contribution is -0.671. The van der Waals surface area contributed by atoms with Crippen molar-refractivity contribution in [3.8, 4) is 5.75 Å². The fourth-order valence-corrected chi connectivity index (χ4v) is 2.93. The number of ketones is 1. The van der Waals surface area contributed by atoms with Crippen LogP contribution in [0.5, 0.6) is 5.75 Å².